The van der Waals surface area contributed by atoms with E-state index in [1.807, 2.05) is 12.1 Å². The number of thiocarbonyl (C=S) groups is 1. The standard InChI is InChI=1S/C23H16ClFN2O2S2/c24-18-10-15(7-8-20(18)29-14-17-5-1-2-6-19(17)25)11-21-22(28)27(23(30)31-21)13-16-4-3-9-26-12-16/h1-12H,13-14H2/b21-11-. The Hall–Kier alpha value is -2.74. The van der Waals surface area contributed by atoms with Crippen molar-refractivity contribution < 1.29 is 13.9 Å². The van der Waals surface area contributed by atoms with Crippen LogP contribution in [0.25, 0.3) is 6.08 Å². The van der Waals surface area contributed by atoms with Gasteiger partial charge in [0.25, 0.3) is 5.91 Å². The third kappa shape index (κ3) is 5.12. The number of carbonyl (C=O) groups is 1. The molecule has 0 saturated carbocycles. The monoisotopic (exact) mass is 470 g/mol. The van der Waals surface area contributed by atoms with Gasteiger partial charge in [-0.05, 0) is 41.5 Å². The summed E-state index contributed by atoms with van der Waals surface area (Å²) in [7, 11) is 0. The van der Waals surface area contributed by atoms with Crippen molar-refractivity contribution in [3.05, 3.63) is 99.4 Å². The van der Waals surface area contributed by atoms with Crippen LogP contribution >= 0.6 is 35.6 Å². The lowest BCUT2D eigenvalue weighted by Gasteiger charge is -2.13. The van der Waals surface area contributed by atoms with Gasteiger partial charge in [0, 0.05) is 18.0 Å². The predicted molar refractivity (Wildman–Crippen MR) is 125 cm³/mol. The molecule has 0 radical (unpaired) electrons. The van der Waals surface area contributed by atoms with Crippen molar-refractivity contribution >= 4 is 51.9 Å². The Labute approximate surface area is 193 Å². The number of nitrogens with zero attached hydrogens (tertiary/aromatic N) is 2. The van der Waals surface area contributed by atoms with Crippen LogP contribution in [0.2, 0.25) is 5.02 Å². The number of pyridine rings is 1. The van der Waals surface area contributed by atoms with Crippen LogP contribution in [0, 0.1) is 5.82 Å². The van der Waals surface area contributed by atoms with Crippen LogP contribution < -0.4 is 4.74 Å². The summed E-state index contributed by atoms with van der Waals surface area (Å²) in [6.45, 7) is 0.443. The van der Waals surface area contributed by atoms with Crippen molar-refractivity contribution in [1.29, 1.82) is 0 Å². The van der Waals surface area contributed by atoms with E-state index >= 15 is 0 Å². The second kappa shape index (κ2) is 9.60. The summed E-state index contributed by atoms with van der Waals surface area (Å²) in [4.78, 5) is 18.9. The quantitative estimate of drug-likeness (QED) is 0.333. The Morgan fingerprint density at radius 1 is 1.19 bits per heavy atom. The van der Waals surface area contributed by atoms with Crippen molar-refractivity contribution in [3.8, 4) is 5.75 Å². The normalized spacial score (nSPS) is 15.0. The van der Waals surface area contributed by atoms with Crippen LogP contribution in [-0.4, -0.2) is 20.1 Å². The fourth-order valence-corrected chi connectivity index (χ4v) is 4.46. The van der Waals surface area contributed by atoms with E-state index in [1.54, 1.807) is 59.8 Å². The Morgan fingerprint density at radius 3 is 2.77 bits per heavy atom. The van der Waals surface area contributed by atoms with Crippen molar-refractivity contribution in [2.75, 3.05) is 0 Å². The highest BCUT2D eigenvalue weighted by molar-refractivity contribution is 8.26. The molecule has 0 spiro atoms. The third-order valence-electron chi connectivity index (χ3n) is 4.53. The molecule has 4 nitrogen and oxygen atoms in total. The van der Waals surface area contributed by atoms with Gasteiger partial charge in [-0.1, -0.05) is 65.9 Å². The van der Waals surface area contributed by atoms with Gasteiger partial charge in [0.2, 0.25) is 0 Å². The molecule has 31 heavy (non-hydrogen) atoms. The van der Waals surface area contributed by atoms with Gasteiger partial charge >= 0.3 is 0 Å². The molecule has 8 heteroatoms. The summed E-state index contributed by atoms with van der Waals surface area (Å²) in [5.41, 5.74) is 2.09. The lowest BCUT2D eigenvalue weighted by molar-refractivity contribution is -0.122. The first kappa shape index (κ1) is 21.5. The number of hydrogen-bond donors (Lipinski definition) is 0. The molecule has 1 aromatic heterocycles. The molecule has 0 N–H and O–H groups in total. The van der Waals surface area contributed by atoms with Crippen molar-refractivity contribution in [2.24, 2.45) is 0 Å². The maximum Gasteiger partial charge on any atom is 0.266 e. The Balaban J connectivity index is 1.46. The Bertz CT molecular complexity index is 1170. The first-order valence-electron chi connectivity index (χ1n) is 9.31. The van der Waals surface area contributed by atoms with E-state index in [0.717, 1.165) is 11.1 Å². The number of aromatic nitrogens is 1. The van der Waals surface area contributed by atoms with Gasteiger partial charge in [-0.3, -0.25) is 14.7 Å². The minimum atomic E-state index is -0.330. The molecule has 0 aliphatic carbocycles. The highest BCUT2D eigenvalue weighted by Crippen LogP contribution is 2.35. The molecule has 2 aromatic carbocycles. The van der Waals surface area contributed by atoms with E-state index in [-0.39, 0.29) is 18.3 Å². The fraction of sp³-hybridized carbons (Fsp3) is 0.0870. The zero-order valence-electron chi connectivity index (χ0n) is 16.1. The molecule has 1 aliphatic rings. The largest absolute Gasteiger partial charge is 0.487 e. The van der Waals surface area contributed by atoms with Crippen LogP contribution in [0.4, 0.5) is 4.39 Å². The topological polar surface area (TPSA) is 42.4 Å². The van der Waals surface area contributed by atoms with Crippen LogP contribution in [-0.2, 0) is 17.9 Å². The predicted octanol–water partition coefficient (Wildman–Crippen LogP) is 5.85. The average molecular weight is 471 g/mol. The third-order valence-corrected chi connectivity index (χ3v) is 6.20. The molecule has 0 bridgehead atoms. The maximum absolute atomic E-state index is 13.7. The van der Waals surface area contributed by atoms with E-state index in [9.17, 15) is 9.18 Å². The van der Waals surface area contributed by atoms with Gasteiger partial charge in [0.15, 0.2) is 0 Å². The summed E-state index contributed by atoms with van der Waals surface area (Å²) >= 11 is 13.0. The zero-order valence-corrected chi connectivity index (χ0v) is 18.5. The summed E-state index contributed by atoms with van der Waals surface area (Å²) in [5, 5.41) is 0.371. The first-order chi connectivity index (χ1) is 15.0. The van der Waals surface area contributed by atoms with Crippen molar-refractivity contribution in [1.82, 2.24) is 9.88 Å². The van der Waals surface area contributed by atoms with E-state index < -0.39 is 0 Å². The number of halogens is 2. The molecular formula is C23H16ClFN2O2S2. The molecule has 156 valence electrons. The fourth-order valence-electron chi connectivity index (χ4n) is 2.96. The molecule has 4 rings (SSSR count). The smallest absolute Gasteiger partial charge is 0.266 e. The molecule has 3 aromatic rings. The summed E-state index contributed by atoms with van der Waals surface area (Å²) in [5.74, 6) is -0.0513. The summed E-state index contributed by atoms with van der Waals surface area (Å²) in [6.07, 6.45) is 5.14. The molecule has 0 atom stereocenters. The van der Waals surface area contributed by atoms with Crippen LogP contribution in [0.5, 0.6) is 5.75 Å². The molecule has 1 fully saturated rings. The van der Waals surface area contributed by atoms with Gasteiger partial charge in [-0.15, -0.1) is 0 Å². The van der Waals surface area contributed by atoms with E-state index in [4.69, 9.17) is 28.6 Å². The number of thioether (sulfide) groups is 1. The maximum atomic E-state index is 13.7. The lowest BCUT2D eigenvalue weighted by Crippen LogP contribution is -2.27. The average Bonchev–Trinajstić information content (AvgIpc) is 3.02. The van der Waals surface area contributed by atoms with E-state index in [0.29, 0.717) is 32.1 Å². The van der Waals surface area contributed by atoms with Crippen molar-refractivity contribution in [3.63, 3.8) is 0 Å². The zero-order chi connectivity index (χ0) is 21.8. The molecule has 1 amide bonds. The number of carbonyl (C=O) groups excluding carboxylic acids is 1. The molecule has 0 unspecified atom stereocenters. The van der Waals surface area contributed by atoms with Crippen LogP contribution in [0.3, 0.4) is 0 Å². The Kier molecular flexibility index (Phi) is 6.65. The number of benzene rings is 2. The van der Waals surface area contributed by atoms with Gasteiger partial charge in [0.05, 0.1) is 16.5 Å². The number of ether oxygens (including phenoxy) is 1. The minimum absolute atomic E-state index is 0.0682. The SMILES string of the molecule is O=C1/C(=C/c2ccc(OCc3ccccc3F)c(Cl)c2)SC(=S)N1Cc1cccnc1. The van der Waals surface area contributed by atoms with Gasteiger partial charge < -0.3 is 4.74 Å². The molecule has 1 saturated heterocycles. The first-order valence-corrected chi connectivity index (χ1v) is 10.9. The van der Waals surface area contributed by atoms with Crippen molar-refractivity contribution in [2.45, 2.75) is 13.2 Å². The number of hydrogen-bond acceptors (Lipinski definition) is 5. The second-order valence-electron chi connectivity index (χ2n) is 6.70. The van der Waals surface area contributed by atoms with Crippen LogP contribution in [0.15, 0.2) is 71.9 Å². The summed E-state index contributed by atoms with van der Waals surface area (Å²) in [6, 6.07) is 15.3. The highest BCUT2D eigenvalue weighted by Gasteiger charge is 2.32. The van der Waals surface area contributed by atoms with Gasteiger partial charge in [-0.25, -0.2) is 4.39 Å². The molecule has 1 aliphatic heterocycles. The highest BCUT2D eigenvalue weighted by atomic mass is 35.5. The summed E-state index contributed by atoms with van der Waals surface area (Å²) < 4.78 is 19.9. The van der Waals surface area contributed by atoms with Gasteiger partial charge in [-0.2, -0.15) is 0 Å². The minimum Gasteiger partial charge on any atom is -0.487 e. The van der Waals surface area contributed by atoms with Gasteiger partial charge in [0.1, 0.15) is 22.5 Å². The molecular weight excluding hydrogens is 455 g/mol. The van der Waals surface area contributed by atoms with Crippen LogP contribution in [0.1, 0.15) is 16.7 Å². The lowest BCUT2D eigenvalue weighted by atomic mass is 10.2. The van der Waals surface area contributed by atoms with E-state index in [2.05, 4.69) is 4.98 Å². The second-order valence-corrected chi connectivity index (χ2v) is 8.78. The number of rotatable bonds is 6. The Morgan fingerprint density at radius 2 is 2.03 bits per heavy atom. The van der Waals surface area contributed by atoms with E-state index in [1.165, 1.54) is 17.8 Å². The number of amides is 1. The molecule has 2 heterocycles.